The molecule has 0 N–H and O–H groups in total. The Morgan fingerprint density at radius 2 is 1.31 bits per heavy atom. The second-order valence-corrected chi connectivity index (χ2v) is 8.99. The second kappa shape index (κ2) is 7.80. The number of hydrogen-bond acceptors (Lipinski definition) is 7. The fourth-order valence-corrected chi connectivity index (χ4v) is 4.59. The standard InChI is InChI=1S/C24H20O7S/c1-13-5-7-16(8-6-13)32(27,28)31-20-10-14(2)9-17-22(20)24(26)21-18(23(17)25)11-15(29-3)12-19(21)30-4/h5-12H,1-4H3. The van der Waals surface area contributed by atoms with Crippen LogP contribution >= 0.6 is 0 Å². The molecule has 0 spiro atoms. The van der Waals surface area contributed by atoms with E-state index < -0.39 is 21.7 Å². The van der Waals surface area contributed by atoms with E-state index in [0.29, 0.717) is 11.3 Å². The van der Waals surface area contributed by atoms with Gasteiger partial charge in [0.2, 0.25) is 5.78 Å². The Bertz CT molecular complexity index is 1370. The van der Waals surface area contributed by atoms with Gasteiger partial charge in [-0.1, -0.05) is 17.7 Å². The lowest BCUT2D eigenvalue weighted by atomic mass is 9.82. The Kier molecular flexibility index (Phi) is 5.26. The van der Waals surface area contributed by atoms with E-state index in [9.17, 15) is 18.0 Å². The van der Waals surface area contributed by atoms with Crippen molar-refractivity contribution in [1.29, 1.82) is 0 Å². The highest BCUT2D eigenvalue weighted by Gasteiger charge is 2.37. The van der Waals surface area contributed by atoms with Crippen LogP contribution in [0, 0.1) is 13.8 Å². The van der Waals surface area contributed by atoms with Gasteiger partial charge in [0.25, 0.3) is 0 Å². The number of hydrogen-bond donors (Lipinski definition) is 0. The number of methoxy groups -OCH3 is 2. The van der Waals surface area contributed by atoms with Gasteiger partial charge in [0.15, 0.2) is 11.5 Å². The molecular weight excluding hydrogens is 432 g/mol. The van der Waals surface area contributed by atoms with Crippen molar-refractivity contribution in [2.75, 3.05) is 14.2 Å². The summed E-state index contributed by atoms with van der Waals surface area (Å²) in [6.45, 7) is 3.52. The maximum absolute atomic E-state index is 13.5. The lowest BCUT2D eigenvalue weighted by Gasteiger charge is -2.23. The van der Waals surface area contributed by atoms with Gasteiger partial charge in [-0.2, -0.15) is 8.42 Å². The molecule has 0 aliphatic heterocycles. The summed E-state index contributed by atoms with van der Waals surface area (Å²) in [6, 6.07) is 12.1. The van der Waals surface area contributed by atoms with E-state index in [-0.39, 0.29) is 38.6 Å². The van der Waals surface area contributed by atoms with Crippen molar-refractivity contribution < 1.29 is 31.7 Å². The average Bonchev–Trinajstić information content (AvgIpc) is 2.76. The zero-order valence-corrected chi connectivity index (χ0v) is 18.7. The number of ketones is 2. The maximum Gasteiger partial charge on any atom is 0.339 e. The average molecular weight is 452 g/mol. The van der Waals surface area contributed by atoms with E-state index in [2.05, 4.69) is 0 Å². The minimum Gasteiger partial charge on any atom is -0.497 e. The van der Waals surface area contributed by atoms with Crippen LogP contribution in [-0.4, -0.2) is 34.2 Å². The van der Waals surface area contributed by atoms with E-state index in [4.69, 9.17) is 13.7 Å². The van der Waals surface area contributed by atoms with Gasteiger partial charge >= 0.3 is 10.1 Å². The maximum atomic E-state index is 13.5. The highest BCUT2D eigenvalue weighted by molar-refractivity contribution is 7.87. The van der Waals surface area contributed by atoms with Crippen molar-refractivity contribution in [2.45, 2.75) is 18.7 Å². The third-order valence-electron chi connectivity index (χ3n) is 5.23. The van der Waals surface area contributed by atoms with E-state index >= 15 is 0 Å². The van der Waals surface area contributed by atoms with Crippen LogP contribution in [0.3, 0.4) is 0 Å². The Morgan fingerprint density at radius 3 is 1.94 bits per heavy atom. The number of carbonyl (C=O) groups is 2. The van der Waals surface area contributed by atoms with Crippen LogP contribution in [0.2, 0.25) is 0 Å². The summed E-state index contributed by atoms with van der Waals surface area (Å²) in [7, 11) is -1.43. The SMILES string of the molecule is COc1cc(OC)c2c(c1)C(=O)c1cc(C)cc(OS(=O)(=O)c3ccc(C)cc3)c1C2=O. The van der Waals surface area contributed by atoms with Crippen molar-refractivity contribution in [3.05, 3.63) is 81.9 Å². The molecule has 0 radical (unpaired) electrons. The zero-order chi connectivity index (χ0) is 23.2. The summed E-state index contributed by atoms with van der Waals surface area (Å²) in [6.07, 6.45) is 0. The van der Waals surface area contributed by atoms with Gasteiger partial charge in [0, 0.05) is 17.2 Å². The molecule has 3 aromatic rings. The summed E-state index contributed by atoms with van der Waals surface area (Å²) < 4.78 is 41.7. The number of ether oxygens (including phenoxy) is 2. The molecule has 8 heteroatoms. The lowest BCUT2D eigenvalue weighted by Crippen LogP contribution is -2.24. The summed E-state index contributed by atoms with van der Waals surface area (Å²) in [5, 5.41) is 0. The molecule has 3 aromatic carbocycles. The van der Waals surface area contributed by atoms with Crippen LogP contribution < -0.4 is 13.7 Å². The smallest absolute Gasteiger partial charge is 0.339 e. The molecule has 1 aliphatic carbocycles. The molecule has 0 amide bonds. The predicted molar refractivity (Wildman–Crippen MR) is 117 cm³/mol. The van der Waals surface area contributed by atoms with Crippen LogP contribution in [0.1, 0.15) is 43.0 Å². The number of rotatable bonds is 5. The molecule has 0 saturated heterocycles. The molecule has 7 nitrogen and oxygen atoms in total. The molecule has 4 rings (SSSR count). The van der Waals surface area contributed by atoms with Gasteiger partial charge in [-0.05, 0) is 49.7 Å². The first kappa shape index (κ1) is 21.6. The van der Waals surface area contributed by atoms with Crippen molar-refractivity contribution in [1.82, 2.24) is 0 Å². The predicted octanol–water partition coefficient (Wildman–Crippen LogP) is 3.86. The Labute approximate surface area is 185 Å². The minimum atomic E-state index is -4.24. The molecule has 164 valence electrons. The molecule has 0 saturated carbocycles. The second-order valence-electron chi connectivity index (χ2n) is 7.45. The summed E-state index contributed by atoms with van der Waals surface area (Å²) >= 11 is 0. The van der Waals surface area contributed by atoms with Crippen molar-refractivity contribution in [2.24, 2.45) is 0 Å². The minimum absolute atomic E-state index is 0.0345. The molecule has 0 fully saturated rings. The Balaban J connectivity index is 1.89. The third-order valence-corrected chi connectivity index (χ3v) is 6.48. The molecule has 0 aromatic heterocycles. The Morgan fingerprint density at radius 1 is 0.688 bits per heavy atom. The summed E-state index contributed by atoms with van der Waals surface area (Å²) in [5.74, 6) is -0.716. The van der Waals surface area contributed by atoms with Gasteiger partial charge in [-0.3, -0.25) is 9.59 Å². The molecule has 1 aliphatic rings. The van der Waals surface area contributed by atoms with Gasteiger partial charge < -0.3 is 13.7 Å². The van der Waals surface area contributed by atoms with Crippen LogP contribution in [0.25, 0.3) is 0 Å². The van der Waals surface area contributed by atoms with E-state index in [0.717, 1.165) is 5.56 Å². The van der Waals surface area contributed by atoms with Crippen LogP contribution in [0.4, 0.5) is 0 Å². The molecule has 0 unspecified atom stereocenters. The molecule has 0 bridgehead atoms. The van der Waals surface area contributed by atoms with E-state index in [1.807, 2.05) is 6.92 Å². The Hall–Kier alpha value is -3.65. The van der Waals surface area contributed by atoms with Crippen LogP contribution in [0.15, 0.2) is 53.4 Å². The van der Waals surface area contributed by atoms with Gasteiger partial charge in [-0.25, -0.2) is 0 Å². The first-order valence-electron chi connectivity index (χ1n) is 9.67. The number of benzene rings is 3. The van der Waals surface area contributed by atoms with Crippen LogP contribution in [0.5, 0.6) is 17.2 Å². The number of carbonyl (C=O) groups excluding carboxylic acids is 2. The number of fused-ring (bicyclic) bond motifs is 2. The topological polar surface area (TPSA) is 96.0 Å². The fourth-order valence-electron chi connectivity index (χ4n) is 3.66. The van der Waals surface area contributed by atoms with Gasteiger partial charge in [-0.15, -0.1) is 0 Å². The molecule has 0 heterocycles. The lowest BCUT2D eigenvalue weighted by molar-refractivity contribution is 0.0974. The van der Waals surface area contributed by atoms with Gasteiger partial charge in [0.1, 0.15) is 16.4 Å². The monoisotopic (exact) mass is 452 g/mol. The quantitative estimate of drug-likeness (QED) is 0.424. The molecule has 32 heavy (non-hydrogen) atoms. The van der Waals surface area contributed by atoms with E-state index in [1.54, 1.807) is 19.1 Å². The summed E-state index contributed by atoms with van der Waals surface area (Å²) in [4.78, 5) is 26.7. The van der Waals surface area contributed by atoms with Gasteiger partial charge in [0.05, 0.1) is 25.3 Å². The highest BCUT2D eigenvalue weighted by atomic mass is 32.2. The normalized spacial score (nSPS) is 12.8. The van der Waals surface area contributed by atoms with Crippen molar-refractivity contribution in [3.8, 4) is 17.2 Å². The first-order chi connectivity index (χ1) is 15.2. The van der Waals surface area contributed by atoms with E-state index in [1.165, 1.54) is 50.6 Å². The third kappa shape index (κ3) is 3.52. The largest absolute Gasteiger partial charge is 0.497 e. The highest BCUT2D eigenvalue weighted by Crippen LogP contribution is 2.40. The summed E-state index contributed by atoms with van der Waals surface area (Å²) in [5.41, 5.74) is 1.55. The van der Waals surface area contributed by atoms with Crippen molar-refractivity contribution in [3.63, 3.8) is 0 Å². The number of aryl methyl sites for hydroxylation is 2. The molecular formula is C24H20O7S. The van der Waals surface area contributed by atoms with Crippen molar-refractivity contribution >= 4 is 21.7 Å². The zero-order valence-electron chi connectivity index (χ0n) is 17.9. The van der Waals surface area contributed by atoms with Crippen LogP contribution in [-0.2, 0) is 10.1 Å². The first-order valence-corrected chi connectivity index (χ1v) is 11.1. The molecule has 0 atom stereocenters. The fraction of sp³-hybridized carbons (Fsp3) is 0.167.